The lowest BCUT2D eigenvalue weighted by Crippen LogP contribution is -2.38. The highest BCUT2D eigenvalue weighted by Gasteiger charge is 2.10. The maximum Gasteiger partial charge on any atom is 0.119 e. The van der Waals surface area contributed by atoms with E-state index in [9.17, 15) is 0 Å². The van der Waals surface area contributed by atoms with Gasteiger partial charge in [-0.1, -0.05) is 36.4 Å². The molecule has 0 amide bonds. The summed E-state index contributed by atoms with van der Waals surface area (Å²) in [5, 5.41) is 7.48. The number of hydrogen-bond acceptors (Lipinski definition) is 7. The quantitative estimate of drug-likeness (QED) is 0.377. The van der Waals surface area contributed by atoms with Crippen molar-refractivity contribution in [1.29, 1.82) is 0 Å². The molecule has 1 aromatic heterocycles. The molecule has 206 valence electrons. The minimum atomic E-state index is 0.687. The summed E-state index contributed by atoms with van der Waals surface area (Å²) in [5.74, 6) is 1.78. The number of hydrogen-bond donors (Lipinski definition) is 1. The highest BCUT2D eigenvalue weighted by molar-refractivity contribution is 5.72. The van der Waals surface area contributed by atoms with Crippen LogP contribution in [-0.4, -0.2) is 98.9 Å². The average molecular weight is 531 g/mol. The molecule has 39 heavy (non-hydrogen) atoms. The third-order valence-corrected chi connectivity index (χ3v) is 6.84. The van der Waals surface area contributed by atoms with E-state index in [0.29, 0.717) is 13.2 Å². The molecule has 0 bridgehead atoms. The maximum atomic E-state index is 5.90. The second-order valence-corrected chi connectivity index (χ2v) is 9.66. The molecule has 0 unspecified atom stereocenters. The third kappa shape index (κ3) is 9.07. The summed E-state index contributed by atoms with van der Waals surface area (Å²) in [6.07, 6.45) is 8.15. The van der Waals surface area contributed by atoms with Crippen LogP contribution in [0.15, 0.2) is 54.6 Å². The summed E-state index contributed by atoms with van der Waals surface area (Å²) in [4.78, 5) is 4.74. The molecule has 0 radical (unpaired) electrons. The number of nitrogens with zero attached hydrogens (tertiary/aromatic N) is 3. The second-order valence-electron chi connectivity index (χ2n) is 9.66. The van der Waals surface area contributed by atoms with E-state index < -0.39 is 0 Å². The predicted molar refractivity (Wildman–Crippen MR) is 155 cm³/mol. The molecule has 0 saturated carbocycles. The van der Waals surface area contributed by atoms with E-state index >= 15 is 0 Å². The van der Waals surface area contributed by atoms with Gasteiger partial charge in [0.15, 0.2) is 0 Å². The van der Waals surface area contributed by atoms with Gasteiger partial charge in [0.05, 0.1) is 37.8 Å². The van der Waals surface area contributed by atoms with Gasteiger partial charge in [0.25, 0.3) is 0 Å². The molecule has 0 aliphatic carbocycles. The molecule has 2 aromatic carbocycles. The van der Waals surface area contributed by atoms with Gasteiger partial charge in [0.2, 0.25) is 0 Å². The fraction of sp³-hybridized carbons (Fsp3) is 0.387. The van der Waals surface area contributed by atoms with E-state index in [2.05, 4.69) is 56.4 Å². The number of H-pyrrole nitrogens is 1. The van der Waals surface area contributed by atoms with Gasteiger partial charge in [-0.05, 0) is 53.6 Å². The molecular formula is C31H38N4O4. The molecule has 0 atom stereocenters. The monoisotopic (exact) mass is 530 g/mol. The molecule has 2 aliphatic rings. The summed E-state index contributed by atoms with van der Waals surface area (Å²) in [5.41, 5.74) is 4.03. The molecular weight excluding hydrogens is 492 g/mol. The van der Waals surface area contributed by atoms with Crippen LogP contribution in [0.2, 0.25) is 0 Å². The van der Waals surface area contributed by atoms with Crippen LogP contribution in [0.3, 0.4) is 0 Å². The van der Waals surface area contributed by atoms with E-state index in [0.717, 1.165) is 99.7 Å². The van der Waals surface area contributed by atoms with E-state index in [1.165, 1.54) is 0 Å². The minimum Gasteiger partial charge on any atom is -0.492 e. The predicted octanol–water partition coefficient (Wildman–Crippen LogP) is 4.17. The highest BCUT2D eigenvalue weighted by Crippen LogP contribution is 2.17. The first-order chi connectivity index (χ1) is 19.3. The third-order valence-electron chi connectivity index (χ3n) is 6.84. The van der Waals surface area contributed by atoms with Crippen LogP contribution in [0.5, 0.6) is 11.5 Å². The van der Waals surface area contributed by atoms with Crippen molar-refractivity contribution < 1.29 is 18.9 Å². The van der Waals surface area contributed by atoms with Gasteiger partial charge in [-0.2, -0.15) is 5.10 Å². The van der Waals surface area contributed by atoms with Crippen molar-refractivity contribution in [2.24, 2.45) is 0 Å². The summed E-state index contributed by atoms with van der Waals surface area (Å²) in [7, 11) is 0. The van der Waals surface area contributed by atoms with Gasteiger partial charge in [-0.15, -0.1) is 0 Å². The van der Waals surface area contributed by atoms with E-state index in [-0.39, 0.29) is 0 Å². The zero-order chi connectivity index (χ0) is 26.5. The van der Waals surface area contributed by atoms with Crippen molar-refractivity contribution in [3.63, 3.8) is 0 Å². The number of aromatic amines is 1. The standard InChI is InChI=1S/C31H38N4O4/c1(26-3-9-30(10-4-26)38-23-17-34-13-19-36-20-14-34)7-28-25-29(33-32-28)8-2-27-5-11-31(12-6-27)39-24-18-35-15-21-37-22-16-35/h1-12,25H,13-24H2,(H,32,33)/b7-1+,8-2+. The first-order valence-electron chi connectivity index (χ1n) is 13.8. The van der Waals surface area contributed by atoms with Gasteiger partial charge in [0.1, 0.15) is 24.7 Å². The molecule has 8 heteroatoms. The molecule has 3 heterocycles. The molecule has 2 saturated heterocycles. The lowest BCUT2D eigenvalue weighted by Gasteiger charge is -2.26. The Morgan fingerprint density at radius 2 is 1.15 bits per heavy atom. The number of nitrogens with one attached hydrogen (secondary N) is 1. The Kier molecular flexibility index (Phi) is 10.2. The van der Waals surface area contributed by atoms with Crippen LogP contribution in [0.4, 0.5) is 0 Å². The Labute approximate surface area is 230 Å². The average Bonchev–Trinajstić information content (AvgIpc) is 3.45. The first kappa shape index (κ1) is 27.1. The smallest absolute Gasteiger partial charge is 0.119 e. The number of morpholine rings is 2. The van der Waals surface area contributed by atoms with Gasteiger partial charge >= 0.3 is 0 Å². The van der Waals surface area contributed by atoms with Crippen LogP contribution < -0.4 is 9.47 Å². The van der Waals surface area contributed by atoms with Crippen molar-refractivity contribution in [3.8, 4) is 11.5 Å². The Balaban J connectivity index is 1.04. The van der Waals surface area contributed by atoms with Gasteiger partial charge in [-0.25, -0.2) is 0 Å². The number of ether oxygens (including phenoxy) is 4. The molecule has 0 spiro atoms. The molecule has 8 nitrogen and oxygen atoms in total. The number of rotatable bonds is 12. The van der Waals surface area contributed by atoms with Crippen LogP contribution in [0, 0.1) is 0 Å². The van der Waals surface area contributed by atoms with Crippen molar-refractivity contribution >= 4 is 24.3 Å². The van der Waals surface area contributed by atoms with E-state index in [4.69, 9.17) is 18.9 Å². The SMILES string of the molecule is C(=C\c1cc(/C=C/c2ccc(OCCN3CCOCC3)cc2)[nH]n1)/c1ccc(OCCN2CCOCC2)cc1. The largest absolute Gasteiger partial charge is 0.492 e. The molecule has 3 aromatic rings. The highest BCUT2D eigenvalue weighted by atomic mass is 16.5. The van der Waals surface area contributed by atoms with Crippen molar-refractivity contribution in [3.05, 3.63) is 77.1 Å². The van der Waals surface area contributed by atoms with Gasteiger partial charge in [0, 0.05) is 39.3 Å². The first-order valence-corrected chi connectivity index (χ1v) is 13.8. The van der Waals surface area contributed by atoms with Crippen molar-refractivity contribution in [1.82, 2.24) is 20.0 Å². The van der Waals surface area contributed by atoms with Crippen LogP contribution in [-0.2, 0) is 9.47 Å². The number of benzene rings is 2. The lowest BCUT2D eigenvalue weighted by molar-refractivity contribution is 0.0321. The molecule has 1 N–H and O–H groups in total. The van der Waals surface area contributed by atoms with E-state index in [1.807, 2.05) is 42.5 Å². The summed E-state index contributed by atoms with van der Waals surface area (Å²) < 4.78 is 22.6. The zero-order valence-electron chi connectivity index (χ0n) is 22.5. The topological polar surface area (TPSA) is 72.1 Å². The van der Waals surface area contributed by atoms with Crippen molar-refractivity contribution in [2.75, 3.05) is 78.9 Å². The summed E-state index contributed by atoms with van der Waals surface area (Å²) in [6, 6.07) is 18.3. The van der Waals surface area contributed by atoms with Gasteiger partial charge in [-0.3, -0.25) is 14.9 Å². The molecule has 5 rings (SSSR count). The molecule has 2 fully saturated rings. The van der Waals surface area contributed by atoms with Gasteiger partial charge < -0.3 is 18.9 Å². The minimum absolute atomic E-state index is 0.687. The summed E-state index contributed by atoms with van der Waals surface area (Å²) >= 11 is 0. The Bertz CT molecular complexity index is 1090. The number of aromatic nitrogens is 2. The van der Waals surface area contributed by atoms with Crippen LogP contribution in [0.1, 0.15) is 22.5 Å². The Morgan fingerprint density at radius 3 is 1.67 bits per heavy atom. The van der Waals surface area contributed by atoms with E-state index in [1.54, 1.807) is 0 Å². The fourth-order valence-electron chi connectivity index (χ4n) is 4.48. The van der Waals surface area contributed by atoms with Crippen LogP contribution >= 0.6 is 0 Å². The lowest BCUT2D eigenvalue weighted by atomic mass is 10.2. The zero-order valence-corrected chi connectivity index (χ0v) is 22.5. The summed E-state index contributed by atoms with van der Waals surface area (Å²) in [6.45, 7) is 10.4. The van der Waals surface area contributed by atoms with Crippen molar-refractivity contribution in [2.45, 2.75) is 0 Å². The van der Waals surface area contributed by atoms with Crippen LogP contribution in [0.25, 0.3) is 24.3 Å². The normalized spacial score (nSPS) is 17.2. The molecule has 2 aliphatic heterocycles. The second kappa shape index (κ2) is 14.6. The maximum absolute atomic E-state index is 5.90. The fourth-order valence-corrected chi connectivity index (χ4v) is 4.48. The Morgan fingerprint density at radius 1 is 0.667 bits per heavy atom. The Hall–Kier alpha value is -3.43.